The van der Waals surface area contributed by atoms with Gasteiger partial charge in [-0.2, -0.15) is 0 Å². The summed E-state index contributed by atoms with van der Waals surface area (Å²) in [5.74, 6) is 0.883. The van der Waals surface area contributed by atoms with Crippen LogP contribution in [0.2, 0.25) is 0 Å². The summed E-state index contributed by atoms with van der Waals surface area (Å²) in [6, 6.07) is 3.98. The van der Waals surface area contributed by atoms with E-state index in [0.29, 0.717) is 0 Å². The summed E-state index contributed by atoms with van der Waals surface area (Å²) < 4.78 is 0. The summed E-state index contributed by atoms with van der Waals surface area (Å²) in [5.41, 5.74) is 1.18. The number of aromatic nitrogens is 1. The predicted molar refractivity (Wildman–Crippen MR) is 47.4 cm³/mol. The highest BCUT2D eigenvalue weighted by Crippen LogP contribution is 2.02. The Labute approximate surface area is 67.0 Å². The van der Waals surface area contributed by atoms with Gasteiger partial charge in [0.15, 0.2) is 0 Å². The van der Waals surface area contributed by atoms with Crippen molar-refractivity contribution in [2.24, 2.45) is 0 Å². The number of hydrogen-bond acceptors (Lipinski definition) is 2. The van der Waals surface area contributed by atoms with Crippen LogP contribution >= 0.6 is 0 Å². The molecule has 1 rings (SSSR count). The van der Waals surface area contributed by atoms with Crippen LogP contribution in [0.4, 0.5) is 5.82 Å². The fourth-order valence-corrected chi connectivity index (χ4v) is 0.722. The molecule has 0 amide bonds. The molecule has 1 N–H and O–H groups in total. The third-order valence-electron chi connectivity index (χ3n) is 1.31. The second kappa shape index (κ2) is 3.76. The molecule has 0 aliphatic rings. The van der Waals surface area contributed by atoms with Crippen molar-refractivity contribution < 1.29 is 0 Å². The van der Waals surface area contributed by atoms with Crippen LogP contribution in [0.25, 0.3) is 0 Å². The Kier molecular flexibility index (Phi) is 2.66. The van der Waals surface area contributed by atoms with E-state index < -0.39 is 0 Å². The Hall–Kier alpha value is -1.31. The lowest BCUT2D eigenvalue weighted by Gasteiger charge is -1.98. The van der Waals surface area contributed by atoms with Gasteiger partial charge in [-0.05, 0) is 31.7 Å². The first-order valence-corrected chi connectivity index (χ1v) is 3.63. The quantitative estimate of drug-likeness (QED) is 0.696. The highest BCUT2D eigenvalue weighted by atomic mass is 15.0. The first kappa shape index (κ1) is 7.79. The van der Waals surface area contributed by atoms with Gasteiger partial charge in [-0.25, -0.2) is 4.98 Å². The van der Waals surface area contributed by atoms with Gasteiger partial charge in [-0.1, -0.05) is 12.1 Å². The molecule has 0 atom stereocenters. The zero-order valence-electron chi connectivity index (χ0n) is 6.83. The van der Waals surface area contributed by atoms with E-state index in [-0.39, 0.29) is 0 Å². The van der Waals surface area contributed by atoms with Crippen LogP contribution in [0.15, 0.2) is 30.6 Å². The van der Waals surface area contributed by atoms with E-state index in [4.69, 9.17) is 0 Å². The van der Waals surface area contributed by atoms with Crippen LogP contribution < -0.4 is 5.32 Å². The van der Waals surface area contributed by atoms with Gasteiger partial charge >= 0.3 is 0 Å². The highest BCUT2D eigenvalue weighted by Gasteiger charge is 1.86. The van der Waals surface area contributed by atoms with Crippen molar-refractivity contribution in [1.29, 1.82) is 0 Å². The number of nitrogens with one attached hydrogen (secondary N) is 1. The molecule has 1 aromatic heterocycles. The number of aryl methyl sites for hydroxylation is 1. The molecule has 0 bridgehead atoms. The molecule has 0 spiro atoms. The van der Waals surface area contributed by atoms with Crippen molar-refractivity contribution in [3.8, 4) is 0 Å². The Morgan fingerprint density at radius 2 is 2.27 bits per heavy atom. The molecular weight excluding hydrogens is 136 g/mol. The fraction of sp³-hybridized carbons (Fsp3) is 0.222. The lowest BCUT2D eigenvalue weighted by atomic mass is 10.3. The van der Waals surface area contributed by atoms with Gasteiger partial charge in [0, 0.05) is 6.20 Å². The van der Waals surface area contributed by atoms with E-state index in [0.717, 1.165) is 5.82 Å². The predicted octanol–water partition coefficient (Wildman–Crippen LogP) is 2.34. The molecule has 1 heterocycles. The second-order valence-electron chi connectivity index (χ2n) is 2.37. The van der Waals surface area contributed by atoms with Crippen LogP contribution in [0.3, 0.4) is 0 Å². The Morgan fingerprint density at radius 3 is 2.82 bits per heavy atom. The van der Waals surface area contributed by atoms with Crippen molar-refractivity contribution in [3.05, 3.63) is 36.2 Å². The molecule has 0 saturated heterocycles. The second-order valence-corrected chi connectivity index (χ2v) is 2.37. The minimum absolute atomic E-state index is 0.883. The van der Waals surface area contributed by atoms with Crippen LogP contribution in [0.5, 0.6) is 0 Å². The largest absolute Gasteiger partial charge is 0.347 e. The molecule has 11 heavy (non-hydrogen) atoms. The third-order valence-corrected chi connectivity index (χ3v) is 1.31. The number of nitrogens with zero attached hydrogens (tertiary/aromatic N) is 1. The number of pyridine rings is 1. The summed E-state index contributed by atoms with van der Waals surface area (Å²) >= 11 is 0. The first-order valence-electron chi connectivity index (χ1n) is 3.63. The van der Waals surface area contributed by atoms with Crippen LogP contribution in [-0.2, 0) is 0 Å². The highest BCUT2D eigenvalue weighted by molar-refractivity contribution is 5.37. The smallest absolute Gasteiger partial charge is 0.129 e. The monoisotopic (exact) mass is 148 g/mol. The van der Waals surface area contributed by atoms with E-state index in [1.807, 2.05) is 44.5 Å². The standard InChI is InChI=1S/C9H12N2/c1-3-6-10-9-5-4-8(2)7-11-9/h3-7H,1-2H3,(H,10,11)/b6-3+. The number of hydrogen-bond donors (Lipinski definition) is 1. The minimum Gasteiger partial charge on any atom is -0.347 e. The molecule has 2 nitrogen and oxygen atoms in total. The Bertz CT molecular complexity index is 236. The molecule has 0 aliphatic heterocycles. The maximum atomic E-state index is 4.15. The number of anilines is 1. The van der Waals surface area contributed by atoms with E-state index >= 15 is 0 Å². The molecule has 1 aromatic rings. The average molecular weight is 148 g/mol. The van der Waals surface area contributed by atoms with E-state index in [9.17, 15) is 0 Å². The normalized spacial score (nSPS) is 10.4. The van der Waals surface area contributed by atoms with E-state index in [1.165, 1.54) is 5.56 Å². The SMILES string of the molecule is C/C=C/Nc1ccc(C)cn1. The molecule has 0 unspecified atom stereocenters. The van der Waals surface area contributed by atoms with Crippen molar-refractivity contribution in [2.45, 2.75) is 13.8 Å². The average Bonchev–Trinajstić information content (AvgIpc) is 2.04. The first-order chi connectivity index (χ1) is 5.33. The maximum Gasteiger partial charge on any atom is 0.129 e. The van der Waals surface area contributed by atoms with E-state index in [2.05, 4.69) is 10.3 Å². The van der Waals surface area contributed by atoms with Crippen molar-refractivity contribution in [2.75, 3.05) is 5.32 Å². The lowest BCUT2D eigenvalue weighted by Crippen LogP contribution is -1.89. The van der Waals surface area contributed by atoms with E-state index in [1.54, 1.807) is 0 Å². The Balaban J connectivity index is 2.66. The van der Waals surface area contributed by atoms with Gasteiger partial charge in [0.2, 0.25) is 0 Å². The van der Waals surface area contributed by atoms with Crippen LogP contribution in [0, 0.1) is 6.92 Å². The molecular formula is C9H12N2. The number of rotatable bonds is 2. The van der Waals surface area contributed by atoms with Gasteiger partial charge in [-0.3, -0.25) is 0 Å². The van der Waals surface area contributed by atoms with Gasteiger partial charge in [0.05, 0.1) is 0 Å². The van der Waals surface area contributed by atoms with Gasteiger partial charge in [0.25, 0.3) is 0 Å². The fourth-order valence-electron chi connectivity index (χ4n) is 0.722. The van der Waals surface area contributed by atoms with Crippen molar-refractivity contribution in [1.82, 2.24) is 4.98 Å². The molecule has 0 aromatic carbocycles. The van der Waals surface area contributed by atoms with Crippen LogP contribution in [0.1, 0.15) is 12.5 Å². The maximum absolute atomic E-state index is 4.15. The Morgan fingerprint density at radius 1 is 1.45 bits per heavy atom. The molecule has 0 fully saturated rings. The lowest BCUT2D eigenvalue weighted by molar-refractivity contribution is 1.26. The van der Waals surface area contributed by atoms with Crippen LogP contribution in [-0.4, -0.2) is 4.98 Å². The molecule has 0 saturated carbocycles. The van der Waals surface area contributed by atoms with Gasteiger partial charge < -0.3 is 5.32 Å². The van der Waals surface area contributed by atoms with Crippen molar-refractivity contribution in [3.63, 3.8) is 0 Å². The summed E-state index contributed by atoms with van der Waals surface area (Å²) in [7, 11) is 0. The summed E-state index contributed by atoms with van der Waals surface area (Å²) in [4.78, 5) is 4.15. The third kappa shape index (κ3) is 2.42. The molecule has 2 heteroatoms. The van der Waals surface area contributed by atoms with Gasteiger partial charge in [-0.15, -0.1) is 0 Å². The summed E-state index contributed by atoms with van der Waals surface area (Å²) in [5, 5.41) is 3.03. The minimum atomic E-state index is 0.883. The molecule has 0 aliphatic carbocycles. The zero-order valence-corrected chi connectivity index (χ0v) is 6.83. The molecule has 58 valence electrons. The summed E-state index contributed by atoms with van der Waals surface area (Å²) in [6.45, 7) is 3.98. The van der Waals surface area contributed by atoms with Gasteiger partial charge in [0.1, 0.15) is 5.82 Å². The summed E-state index contributed by atoms with van der Waals surface area (Å²) in [6.07, 6.45) is 5.63. The topological polar surface area (TPSA) is 24.9 Å². The number of allylic oxidation sites excluding steroid dienone is 1. The zero-order chi connectivity index (χ0) is 8.10. The van der Waals surface area contributed by atoms with Crippen molar-refractivity contribution >= 4 is 5.82 Å². The molecule has 0 radical (unpaired) electrons.